The molecule has 0 radical (unpaired) electrons. The number of benzene rings is 1. The minimum atomic E-state index is -0.931. The van der Waals surface area contributed by atoms with E-state index in [-0.39, 0.29) is 12.5 Å². The normalized spacial score (nSPS) is 12.4. The van der Waals surface area contributed by atoms with E-state index in [1.807, 2.05) is 0 Å². The lowest BCUT2D eigenvalue weighted by Crippen LogP contribution is -2.35. The predicted molar refractivity (Wildman–Crippen MR) is 84.5 cm³/mol. The van der Waals surface area contributed by atoms with Crippen molar-refractivity contribution >= 4 is 41.2 Å². The molecule has 0 fully saturated rings. The van der Waals surface area contributed by atoms with Crippen LogP contribution in [-0.2, 0) is 9.59 Å². The van der Waals surface area contributed by atoms with Gasteiger partial charge in [-0.2, -0.15) is 0 Å². The van der Waals surface area contributed by atoms with E-state index in [1.165, 1.54) is 11.0 Å². The average molecular weight is 330 g/mol. The number of likely N-dealkylation sites (N-methyl/N-ethyl adjacent to an activating group) is 1. The Morgan fingerprint density at radius 3 is 2.38 bits per heavy atom. The quantitative estimate of drug-likeness (QED) is 0.811. The fourth-order valence-electron chi connectivity index (χ4n) is 1.71. The first-order chi connectivity index (χ1) is 9.86. The zero-order valence-corrected chi connectivity index (χ0v) is 13.4. The van der Waals surface area contributed by atoms with E-state index in [0.29, 0.717) is 22.2 Å². The van der Waals surface area contributed by atoms with Crippen LogP contribution in [0.5, 0.6) is 0 Å². The molecule has 1 amide bonds. The van der Waals surface area contributed by atoms with Crippen LogP contribution in [0, 0.1) is 5.92 Å². The second-order valence-corrected chi connectivity index (χ2v) is 5.40. The van der Waals surface area contributed by atoms with Gasteiger partial charge in [0.2, 0.25) is 5.91 Å². The van der Waals surface area contributed by atoms with Gasteiger partial charge in [-0.3, -0.25) is 9.59 Å². The van der Waals surface area contributed by atoms with E-state index in [2.05, 4.69) is 0 Å². The third kappa shape index (κ3) is 5.06. The van der Waals surface area contributed by atoms with Crippen molar-refractivity contribution in [3.8, 4) is 0 Å². The van der Waals surface area contributed by atoms with Gasteiger partial charge in [-0.1, -0.05) is 36.2 Å². The van der Waals surface area contributed by atoms with Crippen LogP contribution < -0.4 is 0 Å². The van der Waals surface area contributed by atoms with Crippen LogP contribution in [0.3, 0.4) is 0 Å². The van der Waals surface area contributed by atoms with Crippen molar-refractivity contribution < 1.29 is 14.7 Å². The minimum Gasteiger partial charge on any atom is -0.481 e. The Morgan fingerprint density at radius 1 is 1.33 bits per heavy atom. The molecule has 1 unspecified atom stereocenters. The first kappa shape index (κ1) is 17.5. The summed E-state index contributed by atoms with van der Waals surface area (Å²) < 4.78 is 0. The summed E-state index contributed by atoms with van der Waals surface area (Å²) in [7, 11) is 0. The highest BCUT2D eigenvalue weighted by Crippen LogP contribution is 2.25. The summed E-state index contributed by atoms with van der Waals surface area (Å²) in [6.45, 7) is 3.94. The molecule has 0 heterocycles. The first-order valence-corrected chi connectivity index (χ1v) is 7.26. The van der Waals surface area contributed by atoms with Gasteiger partial charge in [0.1, 0.15) is 0 Å². The van der Waals surface area contributed by atoms with Gasteiger partial charge in [0.25, 0.3) is 0 Å². The van der Waals surface area contributed by atoms with Crippen LogP contribution in [0.15, 0.2) is 24.3 Å². The lowest BCUT2D eigenvalue weighted by molar-refractivity contribution is -0.142. The smallest absolute Gasteiger partial charge is 0.308 e. The molecule has 1 atom stereocenters. The summed E-state index contributed by atoms with van der Waals surface area (Å²) in [5.74, 6) is -1.83. The van der Waals surface area contributed by atoms with Crippen molar-refractivity contribution in [1.29, 1.82) is 0 Å². The lowest BCUT2D eigenvalue weighted by atomic mass is 10.1. The molecule has 1 N–H and O–H groups in total. The number of carboxylic acid groups (broad SMARTS) is 1. The van der Waals surface area contributed by atoms with Crippen LogP contribution >= 0.6 is 23.2 Å². The highest BCUT2D eigenvalue weighted by atomic mass is 35.5. The highest BCUT2D eigenvalue weighted by molar-refractivity contribution is 6.37. The van der Waals surface area contributed by atoms with Crippen molar-refractivity contribution in [2.24, 2.45) is 5.92 Å². The molecule has 6 heteroatoms. The van der Waals surface area contributed by atoms with Gasteiger partial charge in [0.15, 0.2) is 0 Å². The van der Waals surface area contributed by atoms with Crippen molar-refractivity contribution in [2.45, 2.75) is 13.8 Å². The molecular formula is C15H17Cl2NO3. The molecule has 0 aliphatic carbocycles. The maximum absolute atomic E-state index is 12.1. The number of halogens is 2. The highest BCUT2D eigenvalue weighted by Gasteiger charge is 2.17. The number of hydrogen-bond acceptors (Lipinski definition) is 2. The Hall–Kier alpha value is -1.52. The zero-order valence-electron chi connectivity index (χ0n) is 11.8. The Balaban J connectivity index is 2.83. The summed E-state index contributed by atoms with van der Waals surface area (Å²) >= 11 is 12.0. The SMILES string of the molecule is CCN(CC(C)C(=O)O)C(=O)C=Cc1c(Cl)cccc1Cl. The van der Waals surface area contributed by atoms with Gasteiger partial charge >= 0.3 is 5.97 Å². The molecule has 1 aromatic rings. The third-order valence-electron chi connectivity index (χ3n) is 3.00. The molecule has 0 aliphatic heterocycles. The monoisotopic (exact) mass is 329 g/mol. The molecule has 0 aromatic heterocycles. The maximum atomic E-state index is 12.1. The van der Waals surface area contributed by atoms with Crippen LogP contribution in [-0.4, -0.2) is 35.0 Å². The maximum Gasteiger partial charge on any atom is 0.308 e. The van der Waals surface area contributed by atoms with Crippen molar-refractivity contribution in [1.82, 2.24) is 4.90 Å². The number of carbonyl (C=O) groups excluding carboxylic acids is 1. The van der Waals surface area contributed by atoms with Gasteiger partial charge in [0, 0.05) is 34.8 Å². The second kappa shape index (κ2) is 8.05. The summed E-state index contributed by atoms with van der Waals surface area (Å²) in [5, 5.41) is 9.80. The first-order valence-electron chi connectivity index (χ1n) is 6.50. The molecule has 114 valence electrons. The molecule has 0 spiro atoms. The number of amides is 1. The molecule has 21 heavy (non-hydrogen) atoms. The van der Waals surface area contributed by atoms with Gasteiger partial charge in [-0.15, -0.1) is 0 Å². The van der Waals surface area contributed by atoms with E-state index in [1.54, 1.807) is 38.1 Å². The second-order valence-electron chi connectivity index (χ2n) is 4.58. The Bertz CT molecular complexity index is 538. The molecular weight excluding hydrogens is 313 g/mol. The van der Waals surface area contributed by atoms with Crippen molar-refractivity contribution in [3.05, 3.63) is 39.9 Å². The Labute approximate surface area is 134 Å². The van der Waals surface area contributed by atoms with Crippen molar-refractivity contribution in [3.63, 3.8) is 0 Å². The molecule has 4 nitrogen and oxygen atoms in total. The number of nitrogens with zero attached hydrogens (tertiary/aromatic N) is 1. The number of rotatable bonds is 6. The summed E-state index contributed by atoms with van der Waals surface area (Å²) in [5.41, 5.74) is 0.566. The van der Waals surface area contributed by atoms with Gasteiger partial charge in [0.05, 0.1) is 5.92 Å². The molecule has 0 saturated heterocycles. The lowest BCUT2D eigenvalue weighted by Gasteiger charge is -2.21. The van der Waals surface area contributed by atoms with Crippen LogP contribution in [0.1, 0.15) is 19.4 Å². The summed E-state index contributed by atoms with van der Waals surface area (Å²) in [4.78, 5) is 24.4. The zero-order chi connectivity index (χ0) is 16.0. The Kier molecular flexibility index (Phi) is 6.72. The minimum absolute atomic E-state index is 0.158. The van der Waals surface area contributed by atoms with E-state index in [4.69, 9.17) is 28.3 Å². The topological polar surface area (TPSA) is 57.6 Å². The molecule has 1 aromatic carbocycles. The summed E-state index contributed by atoms with van der Waals surface area (Å²) in [6.07, 6.45) is 2.90. The number of aliphatic carboxylic acids is 1. The number of hydrogen-bond donors (Lipinski definition) is 1. The standard InChI is InChI=1S/C15H17Cl2NO3/c1-3-18(9-10(2)15(20)21)14(19)8-7-11-12(16)5-4-6-13(11)17/h4-8,10H,3,9H2,1-2H3,(H,20,21). The fraction of sp³-hybridized carbons (Fsp3) is 0.333. The van der Waals surface area contributed by atoms with E-state index < -0.39 is 11.9 Å². The van der Waals surface area contributed by atoms with E-state index in [0.717, 1.165) is 0 Å². The molecule has 0 bridgehead atoms. The van der Waals surface area contributed by atoms with Crippen LogP contribution in [0.4, 0.5) is 0 Å². The van der Waals surface area contributed by atoms with Crippen LogP contribution in [0.2, 0.25) is 10.0 Å². The van der Waals surface area contributed by atoms with Gasteiger partial charge < -0.3 is 10.0 Å². The number of carbonyl (C=O) groups is 2. The predicted octanol–water partition coefficient (Wildman–Crippen LogP) is 3.58. The largest absolute Gasteiger partial charge is 0.481 e. The van der Waals surface area contributed by atoms with E-state index in [9.17, 15) is 9.59 Å². The third-order valence-corrected chi connectivity index (χ3v) is 3.66. The van der Waals surface area contributed by atoms with Gasteiger partial charge in [-0.25, -0.2) is 0 Å². The molecule has 1 rings (SSSR count). The average Bonchev–Trinajstić information content (AvgIpc) is 2.43. The van der Waals surface area contributed by atoms with Crippen molar-refractivity contribution in [2.75, 3.05) is 13.1 Å². The number of carboxylic acids is 1. The summed E-state index contributed by atoms with van der Waals surface area (Å²) in [6, 6.07) is 5.08. The van der Waals surface area contributed by atoms with Gasteiger partial charge in [-0.05, 0) is 25.1 Å². The fourth-order valence-corrected chi connectivity index (χ4v) is 2.24. The Morgan fingerprint density at radius 2 is 1.90 bits per heavy atom. The molecule has 0 saturated carbocycles. The van der Waals surface area contributed by atoms with E-state index >= 15 is 0 Å². The molecule has 0 aliphatic rings. The van der Waals surface area contributed by atoms with Crippen LogP contribution in [0.25, 0.3) is 6.08 Å².